The van der Waals surface area contributed by atoms with Crippen LogP contribution in [-0.4, -0.2) is 12.1 Å². The molecule has 0 N–H and O–H groups in total. The predicted molar refractivity (Wildman–Crippen MR) is 170 cm³/mol. The van der Waals surface area contributed by atoms with E-state index in [0.29, 0.717) is 17.3 Å². The molecule has 0 heterocycles. The maximum absolute atomic E-state index is 12.7. The maximum atomic E-state index is 12.7. The maximum Gasteiger partial charge on any atom is 0.306 e. The topological polar surface area (TPSA) is 26.3 Å². The van der Waals surface area contributed by atoms with Gasteiger partial charge in [0.05, 0.1) is 0 Å². The number of hydrogen-bond acceptors (Lipinski definition) is 2. The second-order valence-electron chi connectivity index (χ2n) is 15.9. The van der Waals surface area contributed by atoms with E-state index in [-0.39, 0.29) is 12.1 Å². The van der Waals surface area contributed by atoms with Crippen molar-refractivity contribution in [1.82, 2.24) is 0 Å². The monoisotopic (exact) mass is 555 g/mol. The third-order valence-electron chi connectivity index (χ3n) is 12.8. The van der Waals surface area contributed by atoms with Crippen LogP contribution in [0.2, 0.25) is 0 Å². The molecule has 8 atom stereocenters. The third-order valence-corrected chi connectivity index (χ3v) is 12.8. The average Bonchev–Trinajstić information content (AvgIpc) is 3.27. The van der Waals surface area contributed by atoms with Gasteiger partial charge in [0, 0.05) is 12.8 Å². The van der Waals surface area contributed by atoms with Crippen molar-refractivity contribution in [3.05, 3.63) is 11.6 Å². The van der Waals surface area contributed by atoms with Crippen LogP contribution in [-0.2, 0) is 9.53 Å². The van der Waals surface area contributed by atoms with Crippen LogP contribution in [0.4, 0.5) is 0 Å². The van der Waals surface area contributed by atoms with Gasteiger partial charge in [0.15, 0.2) is 0 Å². The van der Waals surface area contributed by atoms with E-state index in [9.17, 15) is 4.79 Å². The van der Waals surface area contributed by atoms with Gasteiger partial charge in [-0.1, -0.05) is 117 Å². The van der Waals surface area contributed by atoms with Crippen LogP contribution < -0.4 is 0 Å². The minimum Gasteiger partial charge on any atom is -0.462 e. The summed E-state index contributed by atoms with van der Waals surface area (Å²) in [5.41, 5.74) is 2.54. The summed E-state index contributed by atoms with van der Waals surface area (Å²) >= 11 is 0. The van der Waals surface area contributed by atoms with Crippen LogP contribution in [0.25, 0.3) is 0 Å². The lowest BCUT2D eigenvalue weighted by Crippen LogP contribution is -2.51. The molecule has 40 heavy (non-hydrogen) atoms. The van der Waals surface area contributed by atoms with E-state index in [1.165, 1.54) is 103 Å². The molecule has 0 amide bonds. The van der Waals surface area contributed by atoms with Crippen LogP contribution in [0, 0.1) is 46.3 Å². The fourth-order valence-electron chi connectivity index (χ4n) is 10.4. The molecule has 4 rings (SSSR count). The lowest BCUT2D eigenvalue weighted by Gasteiger charge is -2.58. The van der Waals surface area contributed by atoms with Crippen LogP contribution in [0.5, 0.6) is 0 Å². The molecular weight excluding hydrogens is 488 g/mol. The minimum atomic E-state index is 0.0572. The first-order chi connectivity index (χ1) is 19.2. The summed E-state index contributed by atoms with van der Waals surface area (Å²) in [5.74, 6) is 5.34. The fraction of sp³-hybridized carbons (Fsp3) is 0.921. The Morgan fingerprint density at radius 2 is 1.60 bits per heavy atom. The molecule has 230 valence electrons. The highest BCUT2D eigenvalue weighted by molar-refractivity contribution is 5.69. The summed E-state index contributed by atoms with van der Waals surface area (Å²) in [6, 6.07) is 0. The molecule has 3 saturated carbocycles. The Hall–Kier alpha value is -0.790. The molecule has 4 aliphatic rings. The van der Waals surface area contributed by atoms with Crippen molar-refractivity contribution in [1.29, 1.82) is 0 Å². The lowest BCUT2D eigenvalue weighted by molar-refractivity contribution is -0.151. The number of hydrogen-bond donors (Lipinski definition) is 0. The third kappa shape index (κ3) is 7.40. The smallest absolute Gasteiger partial charge is 0.306 e. The van der Waals surface area contributed by atoms with E-state index in [0.717, 1.165) is 54.8 Å². The molecule has 0 bridgehead atoms. The van der Waals surface area contributed by atoms with Crippen molar-refractivity contribution in [3.63, 3.8) is 0 Å². The molecule has 0 aromatic rings. The van der Waals surface area contributed by atoms with Crippen molar-refractivity contribution < 1.29 is 9.53 Å². The second-order valence-corrected chi connectivity index (χ2v) is 15.9. The van der Waals surface area contributed by atoms with Crippen molar-refractivity contribution in [3.8, 4) is 0 Å². The lowest BCUT2D eigenvalue weighted by atomic mass is 9.47. The van der Waals surface area contributed by atoms with Crippen LogP contribution in [0.15, 0.2) is 11.6 Å². The highest BCUT2D eigenvalue weighted by Gasteiger charge is 2.59. The molecule has 0 aliphatic heterocycles. The van der Waals surface area contributed by atoms with Gasteiger partial charge in [0.1, 0.15) is 6.10 Å². The van der Waals surface area contributed by atoms with Gasteiger partial charge in [0.2, 0.25) is 0 Å². The Labute approximate surface area is 249 Å². The average molecular weight is 555 g/mol. The van der Waals surface area contributed by atoms with Gasteiger partial charge in [-0.2, -0.15) is 0 Å². The number of unbranched alkanes of at least 4 members (excludes halogenated alkanes) is 7. The van der Waals surface area contributed by atoms with Crippen LogP contribution in [0.1, 0.15) is 170 Å². The zero-order valence-corrected chi connectivity index (χ0v) is 27.6. The van der Waals surface area contributed by atoms with Gasteiger partial charge in [-0.3, -0.25) is 4.79 Å². The highest BCUT2D eigenvalue weighted by atomic mass is 16.5. The first-order valence-corrected chi connectivity index (χ1v) is 18.1. The van der Waals surface area contributed by atoms with Gasteiger partial charge >= 0.3 is 5.97 Å². The highest BCUT2D eigenvalue weighted by Crippen LogP contribution is 2.67. The van der Waals surface area contributed by atoms with Gasteiger partial charge in [-0.05, 0) is 97.7 Å². The molecule has 3 fully saturated rings. The summed E-state index contributed by atoms with van der Waals surface area (Å²) in [6.07, 6.45) is 28.1. The van der Waals surface area contributed by atoms with Crippen LogP contribution >= 0.6 is 0 Å². The van der Waals surface area contributed by atoms with Gasteiger partial charge in [-0.15, -0.1) is 0 Å². The number of fused-ring (bicyclic) bond motifs is 5. The molecule has 0 saturated heterocycles. The Bertz CT molecular complexity index is 827. The van der Waals surface area contributed by atoms with Crippen molar-refractivity contribution in [2.75, 3.05) is 0 Å². The molecule has 0 aromatic heterocycles. The molecular formula is C38H66O2. The van der Waals surface area contributed by atoms with Crippen LogP contribution in [0.3, 0.4) is 0 Å². The number of carbonyl (C=O) groups excluding carboxylic acids is 1. The van der Waals surface area contributed by atoms with E-state index in [1.807, 2.05) is 0 Å². The number of carbonyl (C=O) groups is 1. The van der Waals surface area contributed by atoms with Gasteiger partial charge in [-0.25, -0.2) is 0 Å². The first-order valence-electron chi connectivity index (χ1n) is 18.1. The van der Waals surface area contributed by atoms with E-state index < -0.39 is 0 Å². The Kier molecular flexibility index (Phi) is 11.7. The first kappa shape index (κ1) is 32.1. The zero-order valence-electron chi connectivity index (χ0n) is 27.6. The zero-order chi connectivity index (χ0) is 28.8. The normalized spacial score (nSPS) is 36.0. The molecule has 4 aliphatic carbocycles. The van der Waals surface area contributed by atoms with E-state index in [1.54, 1.807) is 5.57 Å². The van der Waals surface area contributed by atoms with Crippen molar-refractivity contribution in [2.24, 2.45) is 46.3 Å². The summed E-state index contributed by atoms with van der Waals surface area (Å²) in [4.78, 5) is 12.7. The molecule has 0 spiro atoms. The minimum absolute atomic E-state index is 0.0572. The standard InChI is InChI=1S/C38H66O2/c1-7-8-9-10-11-12-13-14-18-36(39)40-31-23-25-37(5)30(27-31)19-20-32-34-22-21-33(29(4)17-15-16-28(2)3)38(34,6)26-24-35(32)37/h19,28-29,31-35H,7-18,20-27H2,1-6H3/t29?,31-,32?,33?,34?,35?,37-,38+/m0/s1. The number of ether oxygens (including phenoxy) is 1. The van der Waals surface area contributed by atoms with E-state index in [4.69, 9.17) is 4.74 Å². The Morgan fingerprint density at radius 3 is 2.33 bits per heavy atom. The summed E-state index contributed by atoms with van der Waals surface area (Å²) in [7, 11) is 0. The molecule has 2 nitrogen and oxygen atoms in total. The Morgan fingerprint density at radius 1 is 0.875 bits per heavy atom. The predicted octanol–water partition coefficient (Wildman–Crippen LogP) is 11.5. The summed E-state index contributed by atoms with van der Waals surface area (Å²) in [5, 5.41) is 0. The molecule has 5 unspecified atom stereocenters. The fourth-order valence-corrected chi connectivity index (χ4v) is 10.4. The molecule has 2 heteroatoms. The Balaban J connectivity index is 1.26. The quantitative estimate of drug-likeness (QED) is 0.114. The summed E-state index contributed by atoms with van der Waals surface area (Å²) in [6.45, 7) is 14.9. The SMILES string of the molecule is CCCCCCCCCCC(=O)O[C@H]1CC[C@@]2(C)C(=CCC3C4CCC(C(C)CCCC(C)C)[C@@]4(C)CCC32)C1. The van der Waals surface area contributed by atoms with Crippen molar-refractivity contribution in [2.45, 2.75) is 176 Å². The van der Waals surface area contributed by atoms with Gasteiger partial charge in [0.25, 0.3) is 0 Å². The van der Waals surface area contributed by atoms with Crippen molar-refractivity contribution >= 4 is 5.97 Å². The van der Waals surface area contributed by atoms with E-state index in [2.05, 4.69) is 47.6 Å². The number of allylic oxidation sites excluding steroid dienone is 1. The van der Waals surface area contributed by atoms with Gasteiger partial charge < -0.3 is 4.74 Å². The largest absolute Gasteiger partial charge is 0.462 e. The molecule has 0 aromatic carbocycles. The number of rotatable bonds is 15. The van der Waals surface area contributed by atoms with E-state index >= 15 is 0 Å². The molecule has 0 radical (unpaired) electrons. The number of esters is 1. The second kappa shape index (κ2) is 14.6. The summed E-state index contributed by atoms with van der Waals surface area (Å²) < 4.78 is 6.07.